The minimum Gasteiger partial charge on any atom is -0.475 e. The van der Waals surface area contributed by atoms with E-state index in [1.54, 1.807) is 24.4 Å². The van der Waals surface area contributed by atoms with Gasteiger partial charge in [0.1, 0.15) is 5.58 Å². The number of hydrogen-bond acceptors (Lipinski definition) is 4. The fourth-order valence-corrected chi connectivity index (χ4v) is 6.75. The number of nitrogens with one attached hydrogen (secondary N) is 1. The Labute approximate surface area is 228 Å². The summed E-state index contributed by atoms with van der Waals surface area (Å²) in [5.74, 6) is -0.814. The third-order valence-electron chi connectivity index (χ3n) is 8.69. The average Bonchev–Trinajstić information content (AvgIpc) is 3.43. The lowest BCUT2D eigenvalue weighted by atomic mass is 9.96. The van der Waals surface area contributed by atoms with Gasteiger partial charge in [0.2, 0.25) is 5.76 Å². The molecule has 0 radical (unpaired) electrons. The van der Waals surface area contributed by atoms with Crippen LogP contribution in [0.15, 0.2) is 59.1 Å². The van der Waals surface area contributed by atoms with Gasteiger partial charge in [-0.2, -0.15) is 13.2 Å². The lowest BCUT2D eigenvalue weighted by molar-refractivity contribution is -0.137. The average molecular weight is 551 g/mol. The van der Waals surface area contributed by atoms with Gasteiger partial charge in [-0.3, -0.25) is 0 Å². The van der Waals surface area contributed by atoms with Gasteiger partial charge in [-0.25, -0.2) is 4.79 Å². The molecule has 3 fully saturated rings. The van der Waals surface area contributed by atoms with Crippen LogP contribution in [0.2, 0.25) is 0 Å². The van der Waals surface area contributed by atoms with Crippen molar-refractivity contribution in [2.75, 3.05) is 4.90 Å². The number of carbonyl (C=O) groups is 1. The summed E-state index contributed by atoms with van der Waals surface area (Å²) in [6.45, 7) is 0.278. The summed E-state index contributed by atoms with van der Waals surface area (Å²) in [6, 6.07) is 13.7. The molecule has 2 unspecified atom stereocenters. The van der Waals surface area contributed by atoms with E-state index in [4.69, 9.17) is 9.15 Å². The molecule has 2 bridgehead atoms. The summed E-state index contributed by atoms with van der Waals surface area (Å²) in [5.41, 5.74) is 3.57. The van der Waals surface area contributed by atoms with E-state index >= 15 is 0 Å². The number of rotatable bonds is 7. The number of ether oxygens (including phenoxy) is 1. The van der Waals surface area contributed by atoms with Crippen molar-refractivity contribution in [1.82, 2.24) is 4.98 Å². The van der Waals surface area contributed by atoms with E-state index in [9.17, 15) is 23.1 Å². The molecule has 3 aliphatic rings. The Kier molecular flexibility index (Phi) is 5.96. The fraction of sp³-hybridized carbons (Fsp3) is 0.387. The van der Waals surface area contributed by atoms with Crippen LogP contribution < -0.4 is 4.90 Å². The summed E-state index contributed by atoms with van der Waals surface area (Å²) in [5, 5.41) is 10.0. The standard InChI is InChI=1S/C31H29F3N2O4/c32-31(33,34)26-4-2-1-3-23(26)24-15-35-29(17-5-6-17)25(24)16-39-22-13-20-7-8-21(14-22)36(20)19-9-10-27-18(11-19)12-28(40-27)30(37)38/h1-4,9-12,15,17,20-22,35H,5-8,13-14,16H2,(H,37,38). The van der Waals surface area contributed by atoms with Gasteiger partial charge in [0.15, 0.2) is 0 Å². The monoisotopic (exact) mass is 550 g/mol. The number of hydrogen-bond donors (Lipinski definition) is 2. The number of piperidine rings is 1. The Bertz CT molecular complexity index is 1570. The zero-order valence-corrected chi connectivity index (χ0v) is 21.7. The summed E-state index contributed by atoms with van der Waals surface area (Å²) < 4.78 is 53.4. The first-order valence-corrected chi connectivity index (χ1v) is 13.8. The van der Waals surface area contributed by atoms with Crippen LogP contribution in [0.25, 0.3) is 22.1 Å². The number of anilines is 1. The van der Waals surface area contributed by atoms with E-state index in [-0.39, 0.29) is 36.1 Å². The molecule has 4 heterocycles. The van der Waals surface area contributed by atoms with Crippen molar-refractivity contribution >= 4 is 22.6 Å². The molecular formula is C31H29F3N2O4. The largest absolute Gasteiger partial charge is 0.475 e. The Hall–Kier alpha value is -3.72. The second-order valence-electron chi connectivity index (χ2n) is 11.2. The van der Waals surface area contributed by atoms with Crippen molar-refractivity contribution < 1.29 is 32.2 Å². The highest BCUT2D eigenvalue weighted by molar-refractivity contribution is 5.92. The van der Waals surface area contributed by atoms with Gasteiger partial charge in [0.05, 0.1) is 18.3 Å². The SMILES string of the molecule is O=C(O)c1cc2cc(N3C4CCC3CC(OCc3c(-c5ccccc5C(F)(F)F)c[nH]c3C3CC3)C4)ccc2o1. The maximum atomic E-state index is 13.8. The molecular weight excluding hydrogens is 521 g/mol. The Morgan fingerprint density at radius 3 is 2.48 bits per heavy atom. The minimum absolute atomic E-state index is 0.0117. The van der Waals surface area contributed by atoms with E-state index in [0.717, 1.165) is 66.9 Å². The molecule has 1 saturated carbocycles. The number of fused-ring (bicyclic) bond motifs is 3. The number of halogens is 3. The quantitative estimate of drug-likeness (QED) is 0.246. The number of alkyl halides is 3. The summed E-state index contributed by atoms with van der Waals surface area (Å²) >= 11 is 0. The van der Waals surface area contributed by atoms with Crippen LogP contribution in [0.1, 0.15) is 71.8 Å². The van der Waals surface area contributed by atoms with Crippen LogP contribution in [0.4, 0.5) is 18.9 Å². The third kappa shape index (κ3) is 4.46. The molecule has 2 saturated heterocycles. The minimum atomic E-state index is -4.44. The second-order valence-corrected chi connectivity index (χ2v) is 11.2. The van der Waals surface area contributed by atoms with Crippen LogP contribution in [0, 0.1) is 0 Å². The number of carboxylic acids is 1. The van der Waals surface area contributed by atoms with E-state index in [2.05, 4.69) is 9.88 Å². The van der Waals surface area contributed by atoms with Gasteiger partial charge >= 0.3 is 12.1 Å². The first-order chi connectivity index (χ1) is 19.3. The van der Waals surface area contributed by atoms with Gasteiger partial charge in [0.25, 0.3) is 0 Å². The summed E-state index contributed by atoms with van der Waals surface area (Å²) in [7, 11) is 0. The number of carboxylic acid groups (broad SMARTS) is 1. The Morgan fingerprint density at radius 2 is 1.77 bits per heavy atom. The summed E-state index contributed by atoms with van der Waals surface area (Å²) in [4.78, 5) is 17.0. The molecule has 2 N–H and O–H groups in total. The molecule has 2 aliphatic heterocycles. The molecule has 2 aromatic heterocycles. The van der Waals surface area contributed by atoms with Gasteiger partial charge in [-0.15, -0.1) is 0 Å². The van der Waals surface area contributed by atoms with Gasteiger partial charge < -0.3 is 24.1 Å². The molecule has 0 amide bonds. The number of benzene rings is 2. The van der Waals surface area contributed by atoms with Gasteiger partial charge in [-0.1, -0.05) is 18.2 Å². The molecule has 0 spiro atoms. The predicted molar refractivity (Wildman–Crippen MR) is 143 cm³/mol. The van der Waals surface area contributed by atoms with E-state index in [1.165, 1.54) is 6.07 Å². The lowest BCUT2D eigenvalue weighted by Gasteiger charge is -2.40. The number of aromatic amines is 1. The van der Waals surface area contributed by atoms with Crippen LogP contribution >= 0.6 is 0 Å². The van der Waals surface area contributed by atoms with Crippen LogP contribution in [0.3, 0.4) is 0 Å². The summed E-state index contributed by atoms with van der Waals surface area (Å²) in [6.07, 6.45) is 3.09. The number of nitrogens with zero attached hydrogens (tertiary/aromatic N) is 1. The lowest BCUT2D eigenvalue weighted by Crippen LogP contribution is -2.45. The fourth-order valence-electron chi connectivity index (χ4n) is 6.75. The molecule has 2 aromatic carbocycles. The van der Waals surface area contributed by atoms with Crippen molar-refractivity contribution in [3.05, 3.63) is 77.3 Å². The van der Waals surface area contributed by atoms with Gasteiger partial charge in [0, 0.05) is 46.2 Å². The topological polar surface area (TPSA) is 78.7 Å². The maximum Gasteiger partial charge on any atom is 0.417 e. The van der Waals surface area contributed by atoms with E-state index < -0.39 is 17.7 Å². The molecule has 40 heavy (non-hydrogen) atoms. The molecule has 4 aromatic rings. The van der Waals surface area contributed by atoms with Gasteiger partial charge in [-0.05, 0) is 80.3 Å². The number of aromatic carboxylic acids is 1. The van der Waals surface area contributed by atoms with Crippen LogP contribution in [-0.4, -0.2) is 34.2 Å². The van der Waals surface area contributed by atoms with Crippen molar-refractivity contribution in [3.63, 3.8) is 0 Å². The molecule has 6 nitrogen and oxygen atoms in total. The van der Waals surface area contributed by atoms with Crippen molar-refractivity contribution in [1.29, 1.82) is 0 Å². The zero-order valence-electron chi connectivity index (χ0n) is 21.7. The molecule has 1 aliphatic carbocycles. The Balaban J connectivity index is 1.10. The first-order valence-electron chi connectivity index (χ1n) is 13.8. The number of aromatic nitrogens is 1. The van der Waals surface area contributed by atoms with Crippen LogP contribution in [0.5, 0.6) is 0 Å². The smallest absolute Gasteiger partial charge is 0.417 e. The maximum absolute atomic E-state index is 13.8. The zero-order chi connectivity index (χ0) is 27.6. The van der Waals surface area contributed by atoms with E-state index in [0.29, 0.717) is 17.1 Å². The highest BCUT2D eigenvalue weighted by Crippen LogP contribution is 2.47. The molecule has 9 heteroatoms. The van der Waals surface area contributed by atoms with Crippen molar-refractivity contribution in [2.45, 2.75) is 75.4 Å². The molecule has 7 rings (SSSR count). The number of furan rings is 1. The van der Waals surface area contributed by atoms with E-state index in [1.807, 2.05) is 18.2 Å². The first kappa shape index (κ1) is 25.3. The highest BCUT2D eigenvalue weighted by atomic mass is 19.4. The second kappa shape index (κ2) is 9.44. The third-order valence-corrected chi connectivity index (χ3v) is 8.69. The number of H-pyrrole nitrogens is 1. The highest BCUT2D eigenvalue weighted by Gasteiger charge is 2.42. The Morgan fingerprint density at radius 1 is 1.02 bits per heavy atom. The van der Waals surface area contributed by atoms with Crippen LogP contribution in [-0.2, 0) is 17.5 Å². The molecule has 2 atom stereocenters. The predicted octanol–water partition coefficient (Wildman–Crippen LogP) is 7.74. The molecule has 208 valence electrons. The van der Waals surface area contributed by atoms with Crippen molar-refractivity contribution in [2.24, 2.45) is 0 Å². The van der Waals surface area contributed by atoms with Crippen molar-refractivity contribution in [3.8, 4) is 11.1 Å². The normalized spacial score (nSPS) is 22.8.